The van der Waals surface area contributed by atoms with Crippen molar-refractivity contribution in [2.45, 2.75) is 71.3 Å². The van der Waals surface area contributed by atoms with E-state index in [0.29, 0.717) is 11.8 Å². The smallest absolute Gasteiger partial charge is 0.254 e. The van der Waals surface area contributed by atoms with Gasteiger partial charge in [-0.25, -0.2) is 4.39 Å². The summed E-state index contributed by atoms with van der Waals surface area (Å²) in [6.45, 7) is 6.87. The van der Waals surface area contributed by atoms with Gasteiger partial charge in [0.1, 0.15) is 5.82 Å². The zero-order valence-corrected chi connectivity index (χ0v) is 20.7. The highest BCUT2D eigenvalue weighted by Gasteiger charge is 2.34. The van der Waals surface area contributed by atoms with Crippen molar-refractivity contribution in [3.63, 3.8) is 0 Å². The van der Waals surface area contributed by atoms with E-state index in [9.17, 15) is 9.18 Å². The second kappa shape index (κ2) is 10.6. The van der Waals surface area contributed by atoms with E-state index in [-0.39, 0.29) is 11.7 Å². The van der Waals surface area contributed by atoms with E-state index in [4.69, 9.17) is 0 Å². The standard InChI is InChI=1S/C30H39FN2O/c1-22-16-25(17-23-12-14-32(15-13-23)19-26-8-5-9-28(31)18-26)10-11-27-21-33(30(34)29(22)27)20-24-6-3-2-4-7-24/h5,8-9,11,16,18,23-24H,2-4,6-7,10,12-15,17,19-21H2,1H3. The van der Waals surface area contributed by atoms with Gasteiger partial charge < -0.3 is 4.90 Å². The molecule has 1 aromatic rings. The quantitative estimate of drug-likeness (QED) is 0.487. The molecule has 2 saturated heterocycles. The van der Waals surface area contributed by atoms with Crippen LogP contribution in [0.3, 0.4) is 0 Å². The van der Waals surface area contributed by atoms with Crippen molar-refractivity contribution in [2.75, 3.05) is 26.2 Å². The Hall–Kier alpha value is -2.20. The minimum Gasteiger partial charge on any atom is -0.334 e. The van der Waals surface area contributed by atoms with Gasteiger partial charge in [-0.3, -0.25) is 9.69 Å². The Kier molecular flexibility index (Phi) is 7.34. The highest BCUT2D eigenvalue weighted by molar-refractivity contribution is 6.02. The average molecular weight is 463 g/mol. The van der Waals surface area contributed by atoms with Crippen molar-refractivity contribution >= 4 is 5.91 Å². The fourth-order valence-electron chi connectivity index (χ4n) is 6.52. The first-order valence-electron chi connectivity index (χ1n) is 13.4. The lowest BCUT2D eigenvalue weighted by Gasteiger charge is -2.32. The third-order valence-corrected chi connectivity index (χ3v) is 8.37. The molecule has 2 aliphatic carbocycles. The van der Waals surface area contributed by atoms with Crippen LogP contribution in [0.25, 0.3) is 0 Å². The number of hydrogen-bond acceptors (Lipinski definition) is 2. The Morgan fingerprint density at radius 2 is 1.82 bits per heavy atom. The van der Waals surface area contributed by atoms with Gasteiger partial charge in [0.2, 0.25) is 0 Å². The molecule has 5 rings (SSSR count). The maximum atomic E-state index is 13.5. The van der Waals surface area contributed by atoms with Gasteiger partial charge >= 0.3 is 0 Å². The molecule has 1 aromatic carbocycles. The molecular weight excluding hydrogens is 423 g/mol. The number of nitrogens with zero attached hydrogens (tertiary/aromatic N) is 2. The molecule has 2 aliphatic heterocycles. The summed E-state index contributed by atoms with van der Waals surface area (Å²) in [4.78, 5) is 17.8. The zero-order chi connectivity index (χ0) is 23.5. The van der Waals surface area contributed by atoms with Gasteiger partial charge in [0.15, 0.2) is 0 Å². The van der Waals surface area contributed by atoms with Gasteiger partial charge in [-0.05, 0) is 99.2 Å². The highest BCUT2D eigenvalue weighted by atomic mass is 19.1. The summed E-state index contributed by atoms with van der Waals surface area (Å²) in [5.41, 5.74) is 5.94. The van der Waals surface area contributed by atoms with E-state index in [0.717, 1.165) is 56.7 Å². The maximum absolute atomic E-state index is 13.5. The van der Waals surface area contributed by atoms with Crippen molar-refractivity contribution in [1.29, 1.82) is 0 Å². The van der Waals surface area contributed by atoms with Crippen LogP contribution < -0.4 is 0 Å². The highest BCUT2D eigenvalue weighted by Crippen LogP contribution is 2.35. The minimum atomic E-state index is -0.147. The second-order valence-electron chi connectivity index (χ2n) is 11.0. The minimum absolute atomic E-state index is 0.147. The molecule has 3 fully saturated rings. The van der Waals surface area contributed by atoms with Gasteiger partial charge in [0.25, 0.3) is 5.91 Å². The Labute approximate surface area is 204 Å². The number of allylic oxidation sites excluding steroid dienone is 4. The summed E-state index contributed by atoms with van der Waals surface area (Å²) in [5.74, 6) is 1.51. The monoisotopic (exact) mass is 462 g/mol. The first kappa shape index (κ1) is 23.5. The largest absolute Gasteiger partial charge is 0.334 e. The van der Waals surface area contributed by atoms with Crippen molar-refractivity contribution in [3.05, 3.63) is 70.1 Å². The number of amides is 1. The molecule has 0 aromatic heterocycles. The van der Waals surface area contributed by atoms with Crippen LogP contribution in [0.2, 0.25) is 0 Å². The number of halogens is 1. The second-order valence-corrected chi connectivity index (χ2v) is 11.0. The summed E-state index contributed by atoms with van der Waals surface area (Å²) < 4.78 is 13.5. The molecule has 182 valence electrons. The molecule has 0 radical (unpaired) electrons. The van der Waals surface area contributed by atoms with Crippen molar-refractivity contribution < 1.29 is 9.18 Å². The first-order chi connectivity index (χ1) is 16.5. The van der Waals surface area contributed by atoms with E-state index in [1.165, 1.54) is 67.7 Å². The Bertz CT molecular complexity index is 993. The third-order valence-electron chi connectivity index (χ3n) is 8.37. The normalized spacial score (nSPS) is 23.1. The predicted molar refractivity (Wildman–Crippen MR) is 136 cm³/mol. The molecule has 4 aliphatic rings. The molecule has 34 heavy (non-hydrogen) atoms. The van der Waals surface area contributed by atoms with Crippen molar-refractivity contribution in [1.82, 2.24) is 9.80 Å². The van der Waals surface area contributed by atoms with Gasteiger partial charge in [0, 0.05) is 25.2 Å². The van der Waals surface area contributed by atoms with Gasteiger partial charge in [-0.2, -0.15) is 0 Å². The maximum Gasteiger partial charge on any atom is 0.254 e. The van der Waals surface area contributed by atoms with E-state index in [1.54, 1.807) is 12.1 Å². The fourth-order valence-corrected chi connectivity index (χ4v) is 6.52. The Balaban J connectivity index is 1.16. The molecule has 2 heterocycles. The summed E-state index contributed by atoms with van der Waals surface area (Å²) >= 11 is 0. The summed E-state index contributed by atoms with van der Waals surface area (Å²) in [7, 11) is 0. The lowest BCUT2D eigenvalue weighted by molar-refractivity contribution is -0.125. The third kappa shape index (κ3) is 5.54. The molecular formula is C30H39FN2O. The molecule has 0 bridgehead atoms. The van der Waals surface area contributed by atoms with Crippen molar-refractivity contribution in [3.8, 4) is 0 Å². The summed E-state index contributed by atoms with van der Waals surface area (Å²) in [5, 5.41) is 0. The van der Waals surface area contributed by atoms with Crippen molar-refractivity contribution in [2.24, 2.45) is 11.8 Å². The summed E-state index contributed by atoms with van der Waals surface area (Å²) in [6.07, 6.45) is 15.7. The predicted octanol–water partition coefficient (Wildman–Crippen LogP) is 6.42. The molecule has 3 nitrogen and oxygen atoms in total. The van der Waals surface area contributed by atoms with Gasteiger partial charge in [0.05, 0.1) is 0 Å². The molecule has 0 unspecified atom stereocenters. The number of likely N-dealkylation sites (tertiary alicyclic amines) is 2. The molecule has 4 heteroatoms. The number of fused-ring (bicyclic) bond motifs is 1. The van der Waals surface area contributed by atoms with Crippen LogP contribution in [0, 0.1) is 17.7 Å². The first-order valence-corrected chi connectivity index (χ1v) is 13.4. The molecule has 1 amide bonds. The van der Waals surface area contributed by atoms with Crippen LogP contribution in [-0.2, 0) is 11.3 Å². The van der Waals surface area contributed by atoms with Crippen LogP contribution in [0.15, 0.2) is 58.7 Å². The Morgan fingerprint density at radius 1 is 1.03 bits per heavy atom. The topological polar surface area (TPSA) is 23.6 Å². The SMILES string of the molecule is CC1=C2C(=O)N(CC3CCCCC3)CC2=CCC(CC2CCN(Cc3cccc(F)c3)CC2)=C1. The number of carbonyl (C=O) groups excluding carboxylic acids is 1. The number of carbonyl (C=O) groups is 1. The molecule has 0 spiro atoms. The van der Waals surface area contributed by atoms with Gasteiger partial charge in [-0.1, -0.05) is 49.1 Å². The number of hydrogen-bond donors (Lipinski definition) is 0. The van der Waals surface area contributed by atoms with Crippen LogP contribution in [0.4, 0.5) is 4.39 Å². The van der Waals surface area contributed by atoms with E-state index < -0.39 is 0 Å². The van der Waals surface area contributed by atoms with Crippen LogP contribution in [-0.4, -0.2) is 41.9 Å². The van der Waals surface area contributed by atoms with E-state index in [1.807, 2.05) is 6.07 Å². The molecule has 1 saturated carbocycles. The number of piperidine rings is 1. The lowest BCUT2D eigenvalue weighted by atomic mass is 9.88. The lowest BCUT2D eigenvalue weighted by Crippen LogP contribution is -2.33. The number of benzene rings is 1. The van der Waals surface area contributed by atoms with Crippen LogP contribution in [0.1, 0.15) is 70.3 Å². The fraction of sp³-hybridized carbons (Fsp3) is 0.567. The summed E-state index contributed by atoms with van der Waals surface area (Å²) in [6, 6.07) is 6.99. The zero-order valence-electron chi connectivity index (χ0n) is 20.7. The number of rotatable bonds is 6. The van der Waals surface area contributed by atoms with Gasteiger partial charge in [-0.15, -0.1) is 0 Å². The Morgan fingerprint density at radius 3 is 2.59 bits per heavy atom. The van der Waals surface area contributed by atoms with Crippen LogP contribution >= 0.6 is 0 Å². The molecule has 0 N–H and O–H groups in total. The van der Waals surface area contributed by atoms with Crippen LogP contribution in [0.5, 0.6) is 0 Å². The van der Waals surface area contributed by atoms with E-state index in [2.05, 4.69) is 28.9 Å². The average Bonchev–Trinajstić information content (AvgIpc) is 3.05. The van der Waals surface area contributed by atoms with E-state index >= 15 is 0 Å². The molecule has 0 atom stereocenters.